The molecule has 0 aliphatic carbocycles. The first-order valence-electron chi connectivity index (χ1n) is 11.1. The van der Waals surface area contributed by atoms with E-state index in [-0.39, 0.29) is 5.69 Å². The molecule has 1 aromatic carbocycles. The van der Waals surface area contributed by atoms with Crippen LogP contribution in [0.25, 0.3) is 16.9 Å². The monoisotopic (exact) mass is 459 g/mol. The van der Waals surface area contributed by atoms with Gasteiger partial charge in [0, 0.05) is 23.6 Å². The van der Waals surface area contributed by atoms with Gasteiger partial charge in [0.25, 0.3) is 0 Å². The van der Waals surface area contributed by atoms with Crippen molar-refractivity contribution >= 4 is 23.1 Å². The van der Waals surface area contributed by atoms with Crippen LogP contribution in [0.15, 0.2) is 36.5 Å². The molecule has 0 bridgehead atoms. The Bertz CT molecular complexity index is 1180. The van der Waals surface area contributed by atoms with E-state index >= 15 is 0 Å². The largest absolute Gasteiger partial charge is 0.418 e. The Hall–Kier alpha value is -3.10. The van der Waals surface area contributed by atoms with Crippen molar-refractivity contribution in [3.8, 4) is 11.3 Å². The van der Waals surface area contributed by atoms with Gasteiger partial charge >= 0.3 is 6.18 Å². The highest BCUT2D eigenvalue weighted by Gasteiger charge is 2.35. The molecule has 1 unspecified atom stereocenters. The Morgan fingerprint density at radius 1 is 1.12 bits per heavy atom. The number of aromatic nitrogens is 3. The maximum atomic E-state index is 13.6. The zero-order valence-electron chi connectivity index (χ0n) is 19.2. The summed E-state index contributed by atoms with van der Waals surface area (Å²) in [4.78, 5) is 19.2. The van der Waals surface area contributed by atoms with Gasteiger partial charge in [-0.05, 0) is 50.5 Å². The van der Waals surface area contributed by atoms with Gasteiger partial charge in [-0.1, -0.05) is 26.8 Å². The van der Waals surface area contributed by atoms with E-state index in [1.807, 2.05) is 12.1 Å². The second kappa shape index (κ2) is 8.35. The number of benzene rings is 1. The number of hydrogen-bond donors (Lipinski definition) is 1. The number of nitrogens with zero attached hydrogens (tertiary/aromatic N) is 4. The lowest BCUT2D eigenvalue weighted by Gasteiger charge is -2.34. The fraction of sp³-hybridized carbons (Fsp3) is 0.458. The summed E-state index contributed by atoms with van der Waals surface area (Å²) in [5.41, 5.74) is -0.483. The summed E-state index contributed by atoms with van der Waals surface area (Å²) < 4.78 is 42.3. The van der Waals surface area contributed by atoms with Crippen molar-refractivity contribution in [3.63, 3.8) is 0 Å². The molecule has 0 spiro atoms. The predicted molar refractivity (Wildman–Crippen MR) is 122 cm³/mol. The molecule has 6 nitrogen and oxygen atoms in total. The van der Waals surface area contributed by atoms with Crippen LogP contribution in [-0.2, 0) is 11.0 Å². The van der Waals surface area contributed by atoms with E-state index in [1.54, 1.807) is 31.5 Å². The first-order valence-corrected chi connectivity index (χ1v) is 11.1. The SMILES string of the molecule is CC1CCCCN1c1ccc2nc(-c3ccc(C(F)(F)F)c(NC(=O)C(C)(C)C)c3)cn2n1. The number of halogens is 3. The number of carbonyl (C=O) groups excluding carboxylic acids is 1. The van der Waals surface area contributed by atoms with Crippen molar-refractivity contribution < 1.29 is 18.0 Å². The molecular formula is C24H28F3N5O. The summed E-state index contributed by atoms with van der Waals surface area (Å²) >= 11 is 0. The van der Waals surface area contributed by atoms with E-state index in [1.165, 1.54) is 18.6 Å². The quantitative estimate of drug-likeness (QED) is 0.539. The minimum Gasteiger partial charge on any atom is -0.352 e. The molecule has 1 N–H and O–H groups in total. The number of fused-ring (bicyclic) bond motifs is 1. The number of anilines is 2. The third kappa shape index (κ3) is 4.82. The molecule has 33 heavy (non-hydrogen) atoms. The molecule has 1 fully saturated rings. The number of amides is 1. The maximum absolute atomic E-state index is 13.6. The molecule has 3 heterocycles. The highest BCUT2D eigenvalue weighted by atomic mass is 19.4. The third-order valence-corrected chi connectivity index (χ3v) is 5.95. The Kier molecular flexibility index (Phi) is 5.84. The van der Waals surface area contributed by atoms with Crippen LogP contribution in [0.3, 0.4) is 0 Å². The molecule has 0 saturated carbocycles. The van der Waals surface area contributed by atoms with Crippen LogP contribution in [0.4, 0.5) is 24.7 Å². The lowest BCUT2D eigenvalue weighted by Crippen LogP contribution is -2.38. The molecular weight excluding hydrogens is 431 g/mol. The Balaban J connectivity index is 1.71. The second-order valence-electron chi connectivity index (χ2n) is 9.62. The van der Waals surface area contributed by atoms with Crippen LogP contribution >= 0.6 is 0 Å². The molecule has 9 heteroatoms. The summed E-state index contributed by atoms with van der Waals surface area (Å²) in [6, 6.07) is 7.85. The van der Waals surface area contributed by atoms with Gasteiger partial charge in [0.1, 0.15) is 5.82 Å². The van der Waals surface area contributed by atoms with Crippen LogP contribution < -0.4 is 10.2 Å². The van der Waals surface area contributed by atoms with Crippen LogP contribution in [0.5, 0.6) is 0 Å². The number of hydrogen-bond acceptors (Lipinski definition) is 4. The molecule has 1 aliphatic rings. The van der Waals surface area contributed by atoms with Crippen LogP contribution in [0.1, 0.15) is 52.5 Å². The summed E-state index contributed by atoms with van der Waals surface area (Å²) in [6.07, 6.45) is 0.541. The van der Waals surface area contributed by atoms with Crippen molar-refractivity contribution in [1.82, 2.24) is 14.6 Å². The number of imidazole rings is 1. The van der Waals surface area contributed by atoms with E-state index in [0.717, 1.165) is 31.3 Å². The van der Waals surface area contributed by atoms with E-state index in [4.69, 9.17) is 0 Å². The van der Waals surface area contributed by atoms with E-state index in [2.05, 4.69) is 27.2 Å². The normalized spacial score (nSPS) is 17.4. The van der Waals surface area contributed by atoms with Gasteiger partial charge < -0.3 is 10.2 Å². The lowest BCUT2D eigenvalue weighted by molar-refractivity contribution is -0.137. The lowest BCUT2D eigenvalue weighted by atomic mass is 9.95. The maximum Gasteiger partial charge on any atom is 0.418 e. The van der Waals surface area contributed by atoms with Gasteiger partial charge in [-0.25, -0.2) is 9.50 Å². The molecule has 4 rings (SSSR count). The minimum absolute atomic E-state index is 0.284. The minimum atomic E-state index is -4.60. The molecule has 0 radical (unpaired) electrons. The average molecular weight is 460 g/mol. The Morgan fingerprint density at radius 2 is 1.88 bits per heavy atom. The molecule has 1 atom stereocenters. The number of rotatable bonds is 3. The Morgan fingerprint density at radius 3 is 2.55 bits per heavy atom. The summed E-state index contributed by atoms with van der Waals surface area (Å²) in [6.45, 7) is 8.06. The van der Waals surface area contributed by atoms with E-state index < -0.39 is 23.1 Å². The van der Waals surface area contributed by atoms with Gasteiger partial charge in [0.15, 0.2) is 5.65 Å². The fourth-order valence-electron chi connectivity index (χ4n) is 3.97. The summed E-state index contributed by atoms with van der Waals surface area (Å²) in [5, 5.41) is 7.13. The number of nitrogens with one attached hydrogen (secondary N) is 1. The van der Waals surface area contributed by atoms with Gasteiger partial charge in [-0.3, -0.25) is 4.79 Å². The molecule has 1 aliphatic heterocycles. The van der Waals surface area contributed by atoms with Crippen molar-refractivity contribution in [2.75, 3.05) is 16.8 Å². The first-order chi connectivity index (χ1) is 15.4. The third-order valence-electron chi connectivity index (χ3n) is 5.95. The second-order valence-corrected chi connectivity index (χ2v) is 9.62. The standard InChI is InChI=1S/C24H28F3N5O/c1-15-7-5-6-12-31(15)21-11-10-20-28-19(14-32(20)30-21)16-8-9-17(24(25,26)27)18(13-16)29-22(33)23(2,3)4/h8-11,13-15H,5-7,12H2,1-4H3,(H,29,33). The van der Waals surface area contributed by atoms with Gasteiger partial charge in [0.05, 0.1) is 23.1 Å². The summed E-state index contributed by atoms with van der Waals surface area (Å²) in [7, 11) is 0. The number of alkyl halides is 3. The van der Waals surface area contributed by atoms with Crippen LogP contribution in [-0.4, -0.2) is 33.1 Å². The molecule has 176 valence electrons. The van der Waals surface area contributed by atoms with Gasteiger partial charge in [-0.2, -0.15) is 13.2 Å². The highest BCUT2D eigenvalue weighted by Crippen LogP contribution is 2.38. The topological polar surface area (TPSA) is 62.5 Å². The predicted octanol–water partition coefficient (Wildman–Crippen LogP) is 5.78. The molecule has 3 aromatic rings. The van der Waals surface area contributed by atoms with Crippen molar-refractivity contribution in [1.29, 1.82) is 0 Å². The molecule has 2 aromatic heterocycles. The van der Waals surface area contributed by atoms with E-state index in [0.29, 0.717) is 22.9 Å². The van der Waals surface area contributed by atoms with Crippen molar-refractivity contribution in [3.05, 3.63) is 42.1 Å². The number of carbonyl (C=O) groups is 1. The van der Waals surface area contributed by atoms with Gasteiger partial charge in [0.2, 0.25) is 5.91 Å². The smallest absolute Gasteiger partial charge is 0.352 e. The Labute approximate surface area is 190 Å². The van der Waals surface area contributed by atoms with Gasteiger partial charge in [-0.15, -0.1) is 5.10 Å². The molecule has 1 amide bonds. The zero-order valence-corrected chi connectivity index (χ0v) is 19.2. The van der Waals surface area contributed by atoms with Crippen LogP contribution in [0, 0.1) is 5.41 Å². The average Bonchev–Trinajstić information content (AvgIpc) is 3.16. The zero-order chi connectivity index (χ0) is 24.0. The number of piperidine rings is 1. The van der Waals surface area contributed by atoms with Crippen molar-refractivity contribution in [2.24, 2.45) is 5.41 Å². The first kappa shape index (κ1) is 23.1. The van der Waals surface area contributed by atoms with Crippen molar-refractivity contribution in [2.45, 2.75) is 59.2 Å². The summed E-state index contributed by atoms with van der Waals surface area (Å²) in [5.74, 6) is 0.353. The van der Waals surface area contributed by atoms with E-state index in [9.17, 15) is 18.0 Å². The highest BCUT2D eigenvalue weighted by molar-refractivity contribution is 5.96. The fourth-order valence-corrected chi connectivity index (χ4v) is 3.97. The van der Waals surface area contributed by atoms with Crippen LogP contribution in [0.2, 0.25) is 0 Å². The molecule has 1 saturated heterocycles.